The maximum atomic E-state index is 6.98. The third-order valence-electron chi connectivity index (χ3n) is 13.7. The van der Waals surface area contributed by atoms with Gasteiger partial charge in [-0.05, 0) is 138 Å². The first-order valence-corrected chi connectivity index (χ1v) is 23.0. The van der Waals surface area contributed by atoms with E-state index in [1.54, 1.807) is 0 Å². The predicted octanol–water partition coefficient (Wildman–Crippen LogP) is 15.1. The second-order valence-electron chi connectivity index (χ2n) is 21.6. The minimum Gasteiger partial charge on any atom is -0.503 e. The van der Waals surface area contributed by atoms with E-state index in [2.05, 4.69) is 199 Å². The molecule has 2 aromatic heterocycles. The quantitative estimate of drug-likeness (QED) is 0.161. The second kappa shape index (κ2) is 15.3. The molecule has 0 saturated carbocycles. The number of aliphatic imine (C=N–C) groups is 1. The van der Waals surface area contributed by atoms with Crippen molar-refractivity contribution in [2.45, 2.75) is 131 Å². The van der Waals surface area contributed by atoms with Gasteiger partial charge in [0.2, 0.25) is 0 Å². The summed E-state index contributed by atoms with van der Waals surface area (Å²) in [5, 5.41) is 3.30. The summed E-state index contributed by atoms with van der Waals surface area (Å²) in [7, 11) is 0. The number of pyridine rings is 1. The summed E-state index contributed by atoms with van der Waals surface area (Å²) in [6.07, 6.45) is 2.83. The maximum absolute atomic E-state index is 6.98. The fraction of sp³-hybridized carbons (Fsp3) is 0.368. The maximum Gasteiger partial charge on any atom is 2.00 e. The van der Waals surface area contributed by atoms with Gasteiger partial charge in [0.25, 0.3) is 0 Å². The number of nitrogens with zero attached hydrogens (tertiary/aromatic N) is 3. The van der Waals surface area contributed by atoms with Crippen molar-refractivity contribution < 1.29 is 25.8 Å². The SMILES string of the molecule is Cc1cc(C)c(-c2cc(Oc3[c-]c4c(cc3)c3cc(C(C)(C)C)ccc3n4-c3cc(C(C)(C)C)ccn3)[c-]c(C3=N[C@]4(C)Cc5cc(C)c(C)cc5[C@]4(C(C)(C)C)S3)c2)c(C)c1.[Pt+2]. The van der Waals surface area contributed by atoms with Crippen LogP contribution in [0.4, 0.5) is 0 Å². The van der Waals surface area contributed by atoms with Gasteiger partial charge in [-0.15, -0.1) is 40.9 Å². The normalized spacial score (nSPS) is 18.7. The molecule has 5 aromatic carbocycles. The largest absolute Gasteiger partial charge is 2.00 e. The van der Waals surface area contributed by atoms with Crippen LogP contribution in [0.2, 0.25) is 0 Å². The molecule has 0 bridgehead atoms. The molecule has 0 amide bonds. The Balaban J connectivity index is 0.00000544. The summed E-state index contributed by atoms with van der Waals surface area (Å²) in [5.41, 5.74) is 16.6. The molecule has 326 valence electrons. The molecular formula is C57H61N3OPtS. The Kier molecular flexibility index (Phi) is 11.0. The molecule has 6 heteroatoms. The molecule has 63 heavy (non-hydrogen) atoms. The molecule has 4 nitrogen and oxygen atoms in total. The van der Waals surface area contributed by atoms with E-state index in [1.807, 2.05) is 18.0 Å². The molecular weight excluding hydrogens is 970 g/mol. The van der Waals surface area contributed by atoms with E-state index >= 15 is 0 Å². The van der Waals surface area contributed by atoms with E-state index in [4.69, 9.17) is 14.7 Å². The monoisotopic (exact) mass is 1030 g/mol. The molecule has 0 spiro atoms. The van der Waals surface area contributed by atoms with E-state index in [9.17, 15) is 0 Å². The Hall–Kier alpha value is -4.44. The zero-order chi connectivity index (χ0) is 44.5. The number of aryl methyl sites for hydroxylation is 5. The van der Waals surface area contributed by atoms with Gasteiger partial charge in [-0.1, -0.05) is 127 Å². The Labute approximate surface area is 394 Å². The van der Waals surface area contributed by atoms with Gasteiger partial charge in [0.15, 0.2) is 0 Å². The van der Waals surface area contributed by atoms with Crippen LogP contribution in [0.1, 0.15) is 125 Å². The third-order valence-corrected chi connectivity index (χ3v) is 15.7. The van der Waals surface area contributed by atoms with Crippen LogP contribution in [0, 0.1) is 52.2 Å². The van der Waals surface area contributed by atoms with Crippen molar-refractivity contribution in [2.75, 3.05) is 0 Å². The second-order valence-corrected chi connectivity index (χ2v) is 22.8. The first-order valence-electron chi connectivity index (χ1n) is 22.2. The first-order chi connectivity index (χ1) is 29.0. The minimum atomic E-state index is -0.328. The summed E-state index contributed by atoms with van der Waals surface area (Å²) in [6.45, 7) is 34.1. The van der Waals surface area contributed by atoms with Gasteiger partial charge in [0.1, 0.15) is 5.82 Å². The van der Waals surface area contributed by atoms with Gasteiger partial charge >= 0.3 is 21.1 Å². The van der Waals surface area contributed by atoms with Crippen molar-refractivity contribution in [3.8, 4) is 28.4 Å². The molecule has 0 radical (unpaired) electrons. The van der Waals surface area contributed by atoms with Crippen LogP contribution >= 0.6 is 11.8 Å². The van der Waals surface area contributed by atoms with E-state index in [0.29, 0.717) is 11.5 Å². The average molecular weight is 1030 g/mol. The predicted molar refractivity (Wildman–Crippen MR) is 263 cm³/mol. The van der Waals surface area contributed by atoms with Crippen molar-refractivity contribution in [3.63, 3.8) is 0 Å². The molecule has 2 aliphatic rings. The van der Waals surface area contributed by atoms with Gasteiger partial charge in [0.05, 0.1) is 10.3 Å². The van der Waals surface area contributed by atoms with E-state index in [-0.39, 0.29) is 47.6 Å². The number of hydrogen-bond acceptors (Lipinski definition) is 4. The standard InChI is InChI=1S/C57H61N3OS.Pt/c1-33-22-36(4)51(37(5)23-33)38-26-39(52-59-56(15)32-40-24-34(2)35(3)25-47(40)57(56,62-52)55(12,13)14)28-44(27-38)61-43-17-18-45-46-29-41(53(6,7)8)16-19-48(46)60(49(45)31-43)50-30-42(20-21-58-50)54(9,10)11;/h16-27,29-30H,32H2,1-15H3;/q-2;+2/t56-,57-;/m1./s1. The molecule has 7 aromatic rings. The van der Waals surface area contributed by atoms with Crippen LogP contribution in [0.5, 0.6) is 11.5 Å². The van der Waals surface area contributed by atoms with Crippen LogP contribution in [0.15, 0.2) is 90.1 Å². The Morgan fingerprint density at radius 3 is 2.02 bits per heavy atom. The number of fused-ring (bicyclic) bond motifs is 6. The van der Waals surface area contributed by atoms with Gasteiger partial charge in [-0.2, -0.15) is 6.07 Å². The van der Waals surface area contributed by atoms with Crippen molar-refractivity contribution in [1.82, 2.24) is 9.55 Å². The van der Waals surface area contributed by atoms with Crippen molar-refractivity contribution in [2.24, 2.45) is 10.4 Å². The molecule has 1 aliphatic carbocycles. The smallest absolute Gasteiger partial charge is 0.503 e. The van der Waals surface area contributed by atoms with Crippen molar-refractivity contribution in [1.29, 1.82) is 0 Å². The minimum absolute atomic E-state index is 0. The Morgan fingerprint density at radius 2 is 1.35 bits per heavy atom. The van der Waals surface area contributed by atoms with E-state index < -0.39 is 0 Å². The van der Waals surface area contributed by atoms with Crippen molar-refractivity contribution >= 4 is 38.6 Å². The summed E-state index contributed by atoms with van der Waals surface area (Å²) in [5.74, 6) is 2.13. The van der Waals surface area contributed by atoms with Gasteiger partial charge in [0, 0.05) is 28.3 Å². The molecule has 0 unspecified atom stereocenters. The molecule has 1 aliphatic heterocycles. The molecule has 9 rings (SSSR count). The fourth-order valence-corrected chi connectivity index (χ4v) is 12.3. The van der Waals surface area contributed by atoms with Gasteiger partial charge in [-0.25, -0.2) is 4.98 Å². The number of ether oxygens (including phenoxy) is 1. The average Bonchev–Trinajstić information content (AvgIpc) is 3.75. The van der Waals surface area contributed by atoms with Crippen LogP contribution in [-0.4, -0.2) is 20.1 Å². The number of aromatic nitrogens is 2. The molecule has 2 atom stereocenters. The topological polar surface area (TPSA) is 39.4 Å². The number of benzene rings is 5. The summed E-state index contributed by atoms with van der Waals surface area (Å²) < 4.78 is 8.98. The summed E-state index contributed by atoms with van der Waals surface area (Å²) in [6, 6.07) is 36.8. The van der Waals surface area contributed by atoms with Gasteiger partial charge in [-0.3, -0.25) is 0 Å². The Morgan fingerprint density at radius 1 is 0.683 bits per heavy atom. The molecule has 0 fully saturated rings. The Bertz CT molecular complexity index is 3000. The van der Waals surface area contributed by atoms with Crippen LogP contribution < -0.4 is 4.74 Å². The zero-order valence-corrected chi connectivity index (χ0v) is 42.9. The fourth-order valence-electron chi connectivity index (χ4n) is 10.6. The van der Waals surface area contributed by atoms with Crippen LogP contribution in [0.3, 0.4) is 0 Å². The van der Waals surface area contributed by atoms with Gasteiger partial charge < -0.3 is 14.3 Å². The summed E-state index contributed by atoms with van der Waals surface area (Å²) >= 11 is 1.93. The number of rotatable bonds is 5. The molecule has 0 N–H and O–H groups in total. The third kappa shape index (κ3) is 7.44. The molecule has 0 saturated heterocycles. The molecule has 3 heterocycles. The summed E-state index contributed by atoms with van der Waals surface area (Å²) in [4.78, 5) is 10.7. The van der Waals surface area contributed by atoms with Crippen molar-refractivity contribution in [3.05, 3.63) is 153 Å². The first kappa shape index (κ1) is 45.1. The van der Waals surface area contributed by atoms with E-state index in [0.717, 1.165) is 44.8 Å². The van der Waals surface area contributed by atoms with Crippen LogP contribution in [-0.2, 0) is 43.1 Å². The van der Waals surface area contributed by atoms with E-state index in [1.165, 1.54) is 61.0 Å². The number of thioether (sulfide) groups is 1. The number of hydrogen-bond donors (Lipinski definition) is 0. The zero-order valence-electron chi connectivity index (χ0n) is 39.8. The van der Waals surface area contributed by atoms with Crippen LogP contribution in [0.25, 0.3) is 38.8 Å².